The zero-order valence-electron chi connectivity index (χ0n) is 11.8. The maximum Gasteiger partial charge on any atom is 0.310 e. The molecule has 1 aromatic rings. The predicted octanol–water partition coefficient (Wildman–Crippen LogP) is 3.74. The second-order valence-corrected chi connectivity index (χ2v) is 6.59. The Morgan fingerprint density at radius 3 is 2.47 bits per heavy atom. The summed E-state index contributed by atoms with van der Waals surface area (Å²) in [4.78, 5) is 11.9. The lowest BCUT2D eigenvalue weighted by Gasteiger charge is -2.34. The average molecular weight is 258 g/mol. The second-order valence-electron chi connectivity index (χ2n) is 6.59. The number of benzene rings is 1. The molecule has 0 heterocycles. The van der Waals surface area contributed by atoms with Crippen LogP contribution in [0.15, 0.2) is 18.2 Å². The van der Waals surface area contributed by atoms with Gasteiger partial charge in [0, 0.05) is 0 Å². The van der Waals surface area contributed by atoms with Crippen molar-refractivity contribution in [2.75, 3.05) is 0 Å². The SMILES string of the molecule is Cc1cccc(C)c1CC1(C(=O)O)CC2CCC1C2. The van der Waals surface area contributed by atoms with Gasteiger partial charge < -0.3 is 5.11 Å². The van der Waals surface area contributed by atoms with Crippen LogP contribution in [0.5, 0.6) is 0 Å². The molecular formula is C17H22O2. The second kappa shape index (κ2) is 4.36. The molecule has 2 saturated carbocycles. The summed E-state index contributed by atoms with van der Waals surface area (Å²) in [7, 11) is 0. The lowest BCUT2D eigenvalue weighted by atomic mass is 9.68. The number of aliphatic carboxylic acids is 1. The highest BCUT2D eigenvalue weighted by atomic mass is 16.4. The maximum atomic E-state index is 11.9. The zero-order chi connectivity index (χ0) is 13.6. The molecule has 19 heavy (non-hydrogen) atoms. The molecule has 3 unspecified atom stereocenters. The molecule has 0 amide bonds. The largest absolute Gasteiger partial charge is 0.481 e. The summed E-state index contributed by atoms with van der Waals surface area (Å²) < 4.78 is 0. The fraction of sp³-hybridized carbons (Fsp3) is 0.588. The normalized spacial score (nSPS) is 32.7. The molecule has 2 aliphatic rings. The maximum absolute atomic E-state index is 11.9. The van der Waals surface area contributed by atoms with Crippen LogP contribution in [0.25, 0.3) is 0 Å². The monoisotopic (exact) mass is 258 g/mol. The van der Waals surface area contributed by atoms with Gasteiger partial charge in [0.05, 0.1) is 5.41 Å². The van der Waals surface area contributed by atoms with Crippen LogP contribution in [0.1, 0.15) is 42.4 Å². The number of carboxylic acids is 1. The van der Waals surface area contributed by atoms with Crippen LogP contribution in [0, 0.1) is 31.1 Å². The minimum absolute atomic E-state index is 0.397. The highest BCUT2D eigenvalue weighted by molar-refractivity contribution is 5.76. The van der Waals surface area contributed by atoms with Crippen LogP contribution in [0.3, 0.4) is 0 Å². The van der Waals surface area contributed by atoms with E-state index in [-0.39, 0.29) is 0 Å². The van der Waals surface area contributed by atoms with Gasteiger partial charge >= 0.3 is 5.97 Å². The van der Waals surface area contributed by atoms with Gasteiger partial charge in [-0.2, -0.15) is 0 Å². The Bertz CT molecular complexity index is 500. The lowest BCUT2D eigenvalue weighted by molar-refractivity contribution is -0.152. The molecule has 0 saturated heterocycles. The number of fused-ring (bicyclic) bond motifs is 2. The van der Waals surface area contributed by atoms with Crippen LogP contribution in [-0.2, 0) is 11.2 Å². The number of carboxylic acid groups (broad SMARTS) is 1. The average Bonchev–Trinajstić information content (AvgIpc) is 2.94. The van der Waals surface area contributed by atoms with E-state index in [1.165, 1.54) is 23.1 Å². The minimum atomic E-state index is -0.567. The summed E-state index contributed by atoms with van der Waals surface area (Å²) in [6.07, 6.45) is 5.11. The molecular weight excluding hydrogens is 236 g/mol. The standard InChI is InChI=1S/C17H22O2/c1-11-4-3-5-12(2)15(11)10-17(16(18)19)9-13-6-7-14(17)8-13/h3-5,13-14H,6-10H2,1-2H3,(H,18,19). The first-order chi connectivity index (χ1) is 9.03. The Morgan fingerprint density at radius 2 is 2.00 bits per heavy atom. The zero-order valence-corrected chi connectivity index (χ0v) is 11.8. The van der Waals surface area contributed by atoms with E-state index in [0.717, 1.165) is 25.7 Å². The topological polar surface area (TPSA) is 37.3 Å². The van der Waals surface area contributed by atoms with Crippen molar-refractivity contribution in [2.45, 2.75) is 46.0 Å². The molecule has 2 heteroatoms. The molecule has 1 N–H and O–H groups in total. The van der Waals surface area contributed by atoms with Crippen molar-refractivity contribution < 1.29 is 9.90 Å². The van der Waals surface area contributed by atoms with Gasteiger partial charge in [0.1, 0.15) is 0 Å². The third-order valence-electron chi connectivity index (χ3n) is 5.54. The van der Waals surface area contributed by atoms with E-state index < -0.39 is 11.4 Å². The Hall–Kier alpha value is -1.31. The molecule has 2 nitrogen and oxygen atoms in total. The van der Waals surface area contributed by atoms with Crippen molar-refractivity contribution in [2.24, 2.45) is 17.3 Å². The van der Waals surface area contributed by atoms with Gasteiger partial charge in [-0.1, -0.05) is 24.6 Å². The Kier molecular flexibility index (Phi) is 2.92. The summed E-state index contributed by atoms with van der Waals surface area (Å²) in [6, 6.07) is 6.26. The van der Waals surface area contributed by atoms with E-state index in [1.54, 1.807) is 0 Å². The van der Waals surface area contributed by atoms with Crippen LogP contribution >= 0.6 is 0 Å². The highest BCUT2D eigenvalue weighted by Gasteiger charge is 2.55. The van der Waals surface area contributed by atoms with Crippen molar-refractivity contribution in [3.8, 4) is 0 Å². The van der Waals surface area contributed by atoms with Crippen LogP contribution in [-0.4, -0.2) is 11.1 Å². The molecule has 0 aliphatic heterocycles. The number of rotatable bonds is 3. The highest BCUT2D eigenvalue weighted by Crippen LogP contribution is 2.57. The van der Waals surface area contributed by atoms with E-state index >= 15 is 0 Å². The molecule has 0 aromatic heterocycles. The van der Waals surface area contributed by atoms with E-state index in [1.807, 2.05) is 0 Å². The number of aryl methyl sites for hydroxylation is 2. The van der Waals surface area contributed by atoms with Gasteiger partial charge in [-0.25, -0.2) is 0 Å². The minimum Gasteiger partial charge on any atom is -0.481 e. The van der Waals surface area contributed by atoms with Gasteiger partial charge in [-0.3, -0.25) is 4.79 Å². The summed E-state index contributed by atoms with van der Waals surface area (Å²) in [6.45, 7) is 4.20. The summed E-state index contributed by atoms with van der Waals surface area (Å²) in [5.41, 5.74) is 3.25. The molecule has 2 bridgehead atoms. The van der Waals surface area contributed by atoms with Crippen molar-refractivity contribution in [3.05, 3.63) is 34.9 Å². The van der Waals surface area contributed by atoms with Crippen molar-refractivity contribution in [1.29, 1.82) is 0 Å². The van der Waals surface area contributed by atoms with Gasteiger partial charge in [0.25, 0.3) is 0 Å². The Balaban J connectivity index is 1.98. The van der Waals surface area contributed by atoms with Crippen molar-refractivity contribution in [1.82, 2.24) is 0 Å². The lowest BCUT2D eigenvalue weighted by Crippen LogP contribution is -2.39. The third-order valence-corrected chi connectivity index (χ3v) is 5.54. The van der Waals surface area contributed by atoms with Crippen LogP contribution < -0.4 is 0 Å². The molecule has 2 aliphatic carbocycles. The van der Waals surface area contributed by atoms with Crippen LogP contribution in [0.4, 0.5) is 0 Å². The third kappa shape index (κ3) is 1.89. The Morgan fingerprint density at radius 1 is 1.32 bits per heavy atom. The van der Waals surface area contributed by atoms with Gasteiger partial charge in [0.15, 0.2) is 0 Å². The molecule has 0 spiro atoms. The predicted molar refractivity (Wildman–Crippen MR) is 75.1 cm³/mol. The number of hydrogen-bond donors (Lipinski definition) is 1. The molecule has 3 rings (SSSR count). The molecule has 0 radical (unpaired) electrons. The van der Waals surface area contributed by atoms with Gasteiger partial charge in [-0.05, 0) is 68.1 Å². The molecule has 1 aromatic carbocycles. The summed E-state index contributed by atoms with van der Waals surface area (Å²) >= 11 is 0. The van der Waals surface area contributed by atoms with E-state index in [2.05, 4.69) is 32.0 Å². The van der Waals surface area contributed by atoms with Gasteiger partial charge in [0.2, 0.25) is 0 Å². The first-order valence-electron chi connectivity index (χ1n) is 7.31. The smallest absolute Gasteiger partial charge is 0.310 e. The van der Waals surface area contributed by atoms with Crippen LogP contribution in [0.2, 0.25) is 0 Å². The van der Waals surface area contributed by atoms with Gasteiger partial charge in [-0.15, -0.1) is 0 Å². The van der Waals surface area contributed by atoms with Crippen molar-refractivity contribution in [3.63, 3.8) is 0 Å². The first kappa shape index (κ1) is 12.7. The molecule has 102 valence electrons. The van der Waals surface area contributed by atoms with Crippen molar-refractivity contribution >= 4 is 5.97 Å². The summed E-state index contributed by atoms with van der Waals surface area (Å²) in [5.74, 6) is 0.488. The Labute approximate surface area is 114 Å². The van der Waals surface area contributed by atoms with E-state index in [4.69, 9.17) is 0 Å². The van der Waals surface area contributed by atoms with E-state index in [0.29, 0.717) is 11.8 Å². The molecule has 3 atom stereocenters. The quantitative estimate of drug-likeness (QED) is 0.896. The fourth-order valence-electron chi connectivity index (χ4n) is 4.44. The number of carbonyl (C=O) groups is 1. The van der Waals surface area contributed by atoms with E-state index in [9.17, 15) is 9.90 Å². The summed E-state index contributed by atoms with van der Waals surface area (Å²) in [5, 5.41) is 9.83. The fourth-order valence-corrected chi connectivity index (χ4v) is 4.44. The number of hydrogen-bond acceptors (Lipinski definition) is 1. The first-order valence-corrected chi connectivity index (χ1v) is 7.31. The molecule has 2 fully saturated rings.